The van der Waals surface area contributed by atoms with Crippen molar-refractivity contribution < 1.29 is 17.7 Å². The third kappa shape index (κ3) is 4.48. The minimum atomic E-state index is -3.58. The zero-order valence-electron chi connectivity index (χ0n) is 13.5. The van der Waals surface area contributed by atoms with E-state index in [1.54, 1.807) is 32.0 Å². The van der Waals surface area contributed by atoms with Crippen LogP contribution in [-0.2, 0) is 14.8 Å². The number of nitrogens with zero attached hydrogens (tertiary/aromatic N) is 2. The Labute approximate surface area is 145 Å². The topological polar surface area (TPSA) is 92.5 Å². The zero-order valence-corrected chi connectivity index (χ0v) is 15.1. The Bertz CT molecular complexity index is 848. The van der Waals surface area contributed by atoms with Crippen LogP contribution < -0.4 is 9.62 Å². The second-order valence-corrected chi connectivity index (χ2v) is 7.66. The van der Waals surface area contributed by atoms with E-state index in [-0.39, 0.29) is 24.7 Å². The number of aromatic nitrogens is 1. The van der Waals surface area contributed by atoms with Crippen molar-refractivity contribution in [2.24, 2.45) is 0 Å². The second kappa shape index (κ2) is 7.23. The van der Waals surface area contributed by atoms with Crippen LogP contribution in [0.4, 0.5) is 11.5 Å². The summed E-state index contributed by atoms with van der Waals surface area (Å²) in [4.78, 5) is 12.1. The number of sulfonamides is 1. The van der Waals surface area contributed by atoms with Gasteiger partial charge in [0.05, 0.1) is 6.26 Å². The van der Waals surface area contributed by atoms with Crippen molar-refractivity contribution in [1.82, 2.24) is 5.16 Å². The average Bonchev–Trinajstić information content (AvgIpc) is 2.89. The van der Waals surface area contributed by atoms with Crippen LogP contribution in [0.3, 0.4) is 0 Å². The molecule has 1 aromatic heterocycles. The molecular formula is C15H18ClN3O4S. The van der Waals surface area contributed by atoms with Crippen molar-refractivity contribution in [1.29, 1.82) is 0 Å². The first-order valence-electron chi connectivity index (χ1n) is 7.14. The number of benzene rings is 1. The molecule has 2 aromatic rings. The van der Waals surface area contributed by atoms with E-state index >= 15 is 0 Å². The normalized spacial score (nSPS) is 11.3. The molecule has 0 bridgehead atoms. The van der Waals surface area contributed by atoms with E-state index in [2.05, 4.69) is 10.5 Å². The fraction of sp³-hybridized carbons (Fsp3) is 0.333. The van der Waals surface area contributed by atoms with Crippen molar-refractivity contribution in [2.75, 3.05) is 22.4 Å². The number of nitrogens with one attached hydrogen (secondary N) is 1. The number of rotatable bonds is 6. The number of halogens is 1. The van der Waals surface area contributed by atoms with Gasteiger partial charge in [0.25, 0.3) is 0 Å². The van der Waals surface area contributed by atoms with Gasteiger partial charge in [0, 0.05) is 29.7 Å². The van der Waals surface area contributed by atoms with Crippen LogP contribution in [0, 0.1) is 13.8 Å². The average molecular weight is 372 g/mol. The van der Waals surface area contributed by atoms with Gasteiger partial charge in [0.1, 0.15) is 5.76 Å². The molecule has 24 heavy (non-hydrogen) atoms. The Morgan fingerprint density at radius 2 is 2.08 bits per heavy atom. The fourth-order valence-electron chi connectivity index (χ4n) is 2.08. The number of aryl methyl sites for hydroxylation is 1. The molecule has 0 unspecified atom stereocenters. The molecule has 1 heterocycles. The summed E-state index contributed by atoms with van der Waals surface area (Å²) in [7, 11) is -3.58. The monoisotopic (exact) mass is 371 g/mol. The SMILES string of the molecule is Cc1cc(N(CCC(=O)Nc2cccc(Cl)c2C)S(C)(=O)=O)no1. The summed E-state index contributed by atoms with van der Waals surface area (Å²) in [6.45, 7) is 3.40. The summed E-state index contributed by atoms with van der Waals surface area (Å²) in [6, 6.07) is 6.69. The molecule has 0 aliphatic rings. The molecular weight excluding hydrogens is 354 g/mol. The van der Waals surface area contributed by atoms with E-state index < -0.39 is 10.0 Å². The highest BCUT2D eigenvalue weighted by atomic mass is 35.5. The fourth-order valence-corrected chi connectivity index (χ4v) is 3.10. The third-order valence-electron chi connectivity index (χ3n) is 3.36. The Kier molecular flexibility index (Phi) is 5.51. The molecule has 1 aromatic carbocycles. The van der Waals surface area contributed by atoms with Gasteiger partial charge < -0.3 is 9.84 Å². The summed E-state index contributed by atoms with van der Waals surface area (Å²) >= 11 is 6.01. The van der Waals surface area contributed by atoms with Gasteiger partial charge in [-0.25, -0.2) is 8.42 Å². The van der Waals surface area contributed by atoms with Crippen LogP contribution in [0.1, 0.15) is 17.7 Å². The van der Waals surface area contributed by atoms with Crippen LogP contribution in [0.15, 0.2) is 28.8 Å². The third-order valence-corrected chi connectivity index (χ3v) is 4.93. The van der Waals surface area contributed by atoms with Gasteiger partial charge in [-0.2, -0.15) is 0 Å². The van der Waals surface area contributed by atoms with Crippen molar-refractivity contribution >= 4 is 39.0 Å². The van der Waals surface area contributed by atoms with Gasteiger partial charge in [-0.3, -0.25) is 9.10 Å². The quantitative estimate of drug-likeness (QED) is 0.842. The van der Waals surface area contributed by atoms with Crippen LogP contribution in [0.25, 0.3) is 0 Å². The van der Waals surface area contributed by atoms with Gasteiger partial charge in [-0.05, 0) is 31.5 Å². The maximum Gasteiger partial charge on any atom is 0.233 e. The number of anilines is 2. The molecule has 130 valence electrons. The summed E-state index contributed by atoms with van der Waals surface area (Å²) in [6.07, 6.45) is 1.01. The van der Waals surface area contributed by atoms with Crippen molar-refractivity contribution in [3.63, 3.8) is 0 Å². The molecule has 0 aliphatic heterocycles. The summed E-state index contributed by atoms with van der Waals surface area (Å²) < 4.78 is 29.7. The zero-order chi connectivity index (χ0) is 17.9. The molecule has 0 aliphatic carbocycles. The van der Waals surface area contributed by atoms with E-state index in [0.717, 1.165) is 16.1 Å². The van der Waals surface area contributed by atoms with E-state index in [0.29, 0.717) is 16.5 Å². The highest BCUT2D eigenvalue weighted by Gasteiger charge is 2.22. The van der Waals surface area contributed by atoms with Crippen LogP contribution in [0.2, 0.25) is 5.02 Å². The van der Waals surface area contributed by atoms with E-state index in [1.165, 1.54) is 6.07 Å². The minimum absolute atomic E-state index is 0.0368. The largest absolute Gasteiger partial charge is 0.360 e. The minimum Gasteiger partial charge on any atom is -0.360 e. The number of carbonyl (C=O) groups excluding carboxylic acids is 1. The Balaban J connectivity index is 2.07. The lowest BCUT2D eigenvalue weighted by atomic mass is 10.2. The van der Waals surface area contributed by atoms with E-state index in [1.807, 2.05) is 0 Å². The number of carbonyl (C=O) groups is 1. The molecule has 1 amide bonds. The number of hydrogen-bond donors (Lipinski definition) is 1. The second-order valence-electron chi connectivity index (χ2n) is 5.34. The maximum absolute atomic E-state index is 12.1. The van der Waals surface area contributed by atoms with Gasteiger partial charge >= 0.3 is 0 Å². The molecule has 0 radical (unpaired) electrons. The molecule has 2 rings (SSSR count). The van der Waals surface area contributed by atoms with Crippen molar-refractivity contribution in [3.8, 4) is 0 Å². The van der Waals surface area contributed by atoms with Crippen molar-refractivity contribution in [2.45, 2.75) is 20.3 Å². The Hall–Kier alpha value is -2.06. The molecule has 0 atom stereocenters. The lowest BCUT2D eigenvalue weighted by Crippen LogP contribution is -2.33. The smallest absolute Gasteiger partial charge is 0.233 e. The van der Waals surface area contributed by atoms with Crippen LogP contribution >= 0.6 is 11.6 Å². The standard InChI is InChI=1S/C15H18ClN3O4S/c1-10-9-14(18-23-10)19(24(3,21)22)8-7-15(20)17-13-6-4-5-12(16)11(13)2/h4-6,9H,7-8H2,1-3H3,(H,17,20). The molecule has 1 N–H and O–H groups in total. The van der Waals surface area contributed by atoms with Gasteiger partial charge in [0.2, 0.25) is 15.9 Å². The summed E-state index contributed by atoms with van der Waals surface area (Å²) in [5.41, 5.74) is 1.34. The molecule has 0 saturated heterocycles. The van der Waals surface area contributed by atoms with Crippen LogP contribution in [-0.4, -0.2) is 32.3 Å². The lowest BCUT2D eigenvalue weighted by molar-refractivity contribution is -0.116. The first-order valence-corrected chi connectivity index (χ1v) is 9.37. The first-order chi connectivity index (χ1) is 11.2. The van der Waals surface area contributed by atoms with Crippen molar-refractivity contribution in [3.05, 3.63) is 40.6 Å². The summed E-state index contributed by atoms with van der Waals surface area (Å²) in [5.74, 6) is 0.314. The number of amides is 1. The summed E-state index contributed by atoms with van der Waals surface area (Å²) in [5, 5.41) is 6.96. The highest BCUT2D eigenvalue weighted by Crippen LogP contribution is 2.23. The first kappa shape index (κ1) is 18.3. The van der Waals surface area contributed by atoms with Gasteiger partial charge in [-0.1, -0.05) is 22.8 Å². The van der Waals surface area contributed by atoms with Gasteiger partial charge in [0.15, 0.2) is 5.82 Å². The Morgan fingerprint density at radius 3 is 2.67 bits per heavy atom. The number of hydrogen-bond acceptors (Lipinski definition) is 5. The molecule has 7 nitrogen and oxygen atoms in total. The molecule has 9 heteroatoms. The predicted molar refractivity (Wildman–Crippen MR) is 92.9 cm³/mol. The van der Waals surface area contributed by atoms with Gasteiger partial charge in [-0.15, -0.1) is 0 Å². The molecule has 0 fully saturated rings. The van der Waals surface area contributed by atoms with Crippen LogP contribution in [0.5, 0.6) is 0 Å². The van der Waals surface area contributed by atoms with E-state index in [9.17, 15) is 13.2 Å². The molecule has 0 saturated carbocycles. The van der Waals surface area contributed by atoms with E-state index in [4.69, 9.17) is 16.1 Å². The Morgan fingerprint density at radius 1 is 1.38 bits per heavy atom. The molecule has 0 spiro atoms. The maximum atomic E-state index is 12.1. The predicted octanol–water partition coefficient (Wildman–Crippen LogP) is 2.74. The lowest BCUT2D eigenvalue weighted by Gasteiger charge is -2.18. The highest BCUT2D eigenvalue weighted by molar-refractivity contribution is 7.92.